The number of thioether (sulfide) groups is 1. The van der Waals surface area contributed by atoms with Crippen molar-refractivity contribution in [1.82, 2.24) is 10.2 Å². The zero-order valence-electron chi connectivity index (χ0n) is 11.9. The van der Waals surface area contributed by atoms with Gasteiger partial charge in [-0.25, -0.2) is 0 Å². The summed E-state index contributed by atoms with van der Waals surface area (Å²) in [6.45, 7) is 0. The second kappa shape index (κ2) is 7.47. The Hall–Kier alpha value is -1.36. The Kier molecular flexibility index (Phi) is 5.84. The quantitative estimate of drug-likeness (QED) is 0.635. The monoisotopic (exact) mass is 369 g/mol. The number of carboxylic acid groups (broad SMARTS) is 1. The molecule has 1 saturated carbocycles. The van der Waals surface area contributed by atoms with Gasteiger partial charge in [0, 0.05) is 6.04 Å². The first kappa shape index (κ1) is 18.0. The van der Waals surface area contributed by atoms with Gasteiger partial charge >= 0.3 is 18.1 Å². The maximum Gasteiger partial charge on any atom is 0.471 e. The van der Waals surface area contributed by atoms with Gasteiger partial charge in [-0.15, -0.1) is 10.2 Å². The molecule has 23 heavy (non-hydrogen) atoms. The summed E-state index contributed by atoms with van der Waals surface area (Å²) < 4.78 is 38.9. The van der Waals surface area contributed by atoms with Crippen LogP contribution in [0.5, 0.6) is 0 Å². The number of hydrogen-bond acceptors (Lipinski definition) is 6. The molecule has 1 amide bonds. The zero-order valence-corrected chi connectivity index (χ0v) is 13.5. The summed E-state index contributed by atoms with van der Waals surface area (Å²) in [7, 11) is 0. The Morgan fingerprint density at radius 2 is 1.91 bits per heavy atom. The van der Waals surface area contributed by atoms with Crippen LogP contribution in [-0.4, -0.2) is 45.2 Å². The first-order valence-electron chi connectivity index (χ1n) is 6.87. The van der Waals surface area contributed by atoms with Crippen molar-refractivity contribution in [3.63, 3.8) is 0 Å². The summed E-state index contributed by atoms with van der Waals surface area (Å²) >= 11 is 1.66. The van der Waals surface area contributed by atoms with Crippen LogP contribution in [0.15, 0.2) is 4.34 Å². The lowest BCUT2D eigenvalue weighted by atomic mass is 9.94. The number of hydrogen-bond donors (Lipinski definition) is 1. The van der Waals surface area contributed by atoms with E-state index < -0.39 is 24.1 Å². The molecule has 1 aromatic rings. The van der Waals surface area contributed by atoms with Gasteiger partial charge in [0.1, 0.15) is 0 Å². The van der Waals surface area contributed by atoms with Gasteiger partial charge in [-0.1, -0.05) is 42.4 Å². The number of halogens is 3. The fraction of sp³-hybridized carbons (Fsp3) is 0.667. The molecule has 0 aromatic carbocycles. The summed E-state index contributed by atoms with van der Waals surface area (Å²) in [6, 6.07) is -0.553. The Bertz CT molecular complexity index is 573. The molecule has 0 saturated heterocycles. The lowest BCUT2D eigenvalue weighted by Crippen LogP contribution is -2.48. The van der Waals surface area contributed by atoms with Gasteiger partial charge in [0.2, 0.25) is 5.13 Å². The van der Waals surface area contributed by atoms with E-state index in [2.05, 4.69) is 10.2 Å². The normalized spacial score (nSPS) is 16.3. The topological polar surface area (TPSA) is 83.4 Å². The fourth-order valence-corrected chi connectivity index (χ4v) is 4.00. The van der Waals surface area contributed by atoms with E-state index in [1.807, 2.05) is 0 Å². The number of carbonyl (C=O) groups excluding carboxylic acids is 1. The molecule has 1 aromatic heterocycles. The number of aliphatic carboxylic acids is 1. The van der Waals surface area contributed by atoms with Crippen LogP contribution in [0, 0.1) is 0 Å². The summed E-state index contributed by atoms with van der Waals surface area (Å²) in [5, 5.41) is 15.8. The zero-order chi connectivity index (χ0) is 17.0. The van der Waals surface area contributed by atoms with Crippen molar-refractivity contribution < 1.29 is 27.9 Å². The predicted molar refractivity (Wildman–Crippen MR) is 78.7 cm³/mol. The molecule has 1 aliphatic rings. The molecular weight excluding hydrogens is 355 g/mol. The van der Waals surface area contributed by atoms with E-state index in [-0.39, 0.29) is 15.2 Å². The molecule has 0 bridgehead atoms. The highest BCUT2D eigenvalue weighted by Crippen LogP contribution is 2.35. The van der Waals surface area contributed by atoms with E-state index in [1.54, 1.807) is 0 Å². The second-order valence-corrected chi connectivity index (χ2v) is 7.18. The van der Waals surface area contributed by atoms with Crippen molar-refractivity contribution in [2.45, 2.75) is 48.7 Å². The number of nitrogens with zero attached hydrogens (tertiary/aromatic N) is 3. The summed E-state index contributed by atoms with van der Waals surface area (Å²) in [5.41, 5.74) is 0. The Morgan fingerprint density at radius 3 is 2.48 bits per heavy atom. The van der Waals surface area contributed by atoms with Crippen LogP contribution in [0.3, 0.4) is 0 Å². The highest BCUT2D eigenvalue weighted by Gasteiger charge is 2.46. The van der Waals surface area contributed by atoms with Crippen molar-refractivity contribution in [2.75, 3.05) is 10.7 Å². The Balaban J connectivity index is 2.22. The number of amides is 1. The fourth-order valence-electron chi connectivity index (χ4n) is 2.37. The first-order valence-corrected chi connectivity index (χ1v) is 8.67. The van der Waals surface area contributed by atoms with Crippen molar-refractivity contribution in [3.05, 3.63) is 0 Å². The van der Waals surface area contributed by atoms with E-state index in [0.717, 1.165) is 42.4 Å². The lowest BCUT2D eigenvalue weighted by molar-refractivity contribution is -0.171. The van der Waals surface area contributed by atoms with E-state index in [1.165, 1.54) is 0 Å². The van der Waals surface area contributed by atoms with Gasteiger partial charge < -0.3 is 5.11 Å². The molecule has 1 aliphatic carbocycles. The van der Waals surface area contributed by atoms with Gasteiger partial charge in [-0.05, 0) is 12.8 Å². The van der Waals surface area contributed by atoms with Gasteiger partial charge in [0.15, 0.2) is 4.34 Å². The maximum absolute atomic E-state index is 12.9. The molecule has 0 unspecified atom stereocenters. The molecule has 128 valence electrons. The molecule has 1 N–H and O–H groups in total. The summed E-state index contributed by atoms with van der Waals surface area (Å²) in [5.74, 6) is -3.29. The smallest absolute Gasteiger partial charge is 0.471 e. The molecule has 2 rings (SSSR count). The van der Waals surface area contributed by atoms with Crippen LogP contribution in [0.1, 0.15) is 32.1 Å². The van der Waals surface area contributed by atoms with Crippen LogP contribution >= 0.6 is 23.1 Å². The molecule has 6 nitrogen and oxygen atoms in total. The largest absolute Gasteiger partial charge is 0.481 e. The molecule has 0 atom stereocenters. The second-order valence-electron chi connectivity index (χ2n) is 5.00. The van der Waals surface area contributed by atoms with Gasteiger partial charge in [-0.3, -0.25) is 14.5 Å². The Morgan fingerprint density at radius 1 is 1.26 bits per heavy atom. The number of anilines is 1. The molecule has 0 aliphatic heterocycles. The minimum absolute atomic E-state index is 0.132. The third kappa shape index (κ3) is 4.80. The number of carbonyl (C=O) groups is 2. The van der Waals surface area contributed by atoms with E-state index in [0.29, 0.717) is 17.7 Å². The van der Waals surface area contributed by atoms with Crippen LogP contribution in [-0.2, 0) is 9.59 Å². The summed E-state index contributed by atoms with van der Waals surface area (Å²) in [6.07, 6.45) is -1.58. The standard InChI is InChI=1S/C12H14F3N3O3S2/c13-12(14,15)9(21)18(7-4-2-1-3-5-7)10-16-17-11(23-10)22-6-8(19)20/h7H,1-6H2,(H,19,20). The van der Waals surface area contributed by atoms with Crippen molar-refractivity contribution in [2.24, 2.45) is 0 Å². The maximum atomic E-state index is 12.9. The number of aromatic nitrogens is 2. The Labute approximate surface area is 138 Å². The molecule has 0 spiro atoms. The van der Waals surface area contributed by atoms with Crippen LogP contribution in [0.4, 0.5) is 18.3 Å². The molecule has 1 heterocycles. The van der Waals surface area contributed by atoms with Gasteiger partial charge in [0.05, 0.1) is 5.75 Å². The number of rotatable bonds is 5. The van der Waals surface area contributed by atoms with E-state index >= 15 is 0 Å². The SMILES string of the molecule is O=C(O)CSc1nnc(N(C(=O)C(F)(F)F)C2CCCCC2)s1. The highest BCUT2D eigenvalue weighted by molar-refractivity contribution is 8.01. The van der Waals surface area contributed by atoms with Crippen molar-refractivity contribution in [1.29, 1.82) is 0 Å². The molecular formula is C12H14F3N3O3S2. The average molecular weight is 369 g/mol. The molecule has 1 fully saturated rings. The third-order valence-corrected chi connectivity index (χ3v) is 5.36. The van der Waals surface area contributed by atoms with Crippen molar-refractivity contribution in [3.8, 4) is 0 Å². The third-order valence-electron chi connectivity index (χ3n) is 3.32. The summed E-state index contributed by atoms with van der Waals surface area (Å²) in [4.78, 5) is 23.0. The highest BCUT2D eigenvalue weighted by atomic mass is 32.2. The van der Waals surface area contributed by atoms with Crippen LogP contribution < -0.4 is 4.90 Å². The lowest BCUT2D eigenvalue weighted by Gasteiger charge is -2.32. The number of carboxylic acids is 1. The average Bonchev–Trinajstić information content (AvgIpc) is 2.94. The van der Waals surface area contributed by atoms with Crippen LogP contribution in [0.2, 0.25) is 0 Å². The van der Waals surface area contributed by atoms with E-state index in [4.69, 9.17) is 5.11 Å². The van der Waals surface area contributed by atoms with Gasteiger partial charge in [-0.2, -0.15) is 13.2 Å². The minimum atomic E-state index is -4.99. The van der Waals surface area contributed by atoms with Gasteiger partial charge in [0.25, 0.3) is 0 Å². The van der Waals surface area contributed by atoms with E-state index in [9.17, 15) is 22.8 Å². The van der Waals surface area contributed by atoms with Crippen LogP contribution in [0.25, 0.3) is 0 Å². The minimum Gasteiger partial charge on any atom is -0.481 e. The van der Waals surface area contributed by atoms with Crippen molar-refractivity contribution >= 4 is 40.1 Å². The molecule has 11 heteroatoms. The molecule has 0 radical (unpaired) electrons. The first-order chi connectivity index (χ1) is 10.8. The number of alkyl halides is 3. The predicted octanol–water partition coefficient (Wildman–Crippen LogP) is 2.94.